The Morgan fingerprint density at radius 3 is 2.59 bits per heavy atom. The van der Waals surface area contributed by atoms with Crippen LogP contribution in [0.2, 0.25) is 0 Å². The third-order valence-electron chi connectivity index (χ3n) is 2.55. The van der Waals surface area contributed by atoms with Crippen LogP contribution in [0.25, 0.3) is 0 Å². The molecule has 0 saturated heterocycles. The summed E-state index contributed by atoms with van der Waals surface area (Å²) >= 11 is 1.39. The number of amides is 1. The smallest absolute Gasteiger partial charge is 0.408 e. The van der Waals surface area contributed by atoms with Crippen LogP contribution in [0.1, 0.15) is 39.3 Å². The molecule has 0 aromatic heterocycles. The highest BCUT2D eigenvalue weighted by Gasteiger charge is 2.18. The van der Waals surface area contributed by atoms with Gasteiger partial charge in [-0.2, -0.15) is 0 Å². The van der Waals surface area contributed by atoms with Gasteiger partial charge in [-0.05, 0) is 51.6 Å². The van der Waals surface area contributed by atoms with Crippen LogP contribution in [-0.4, -0.2) is 23.1 Å². The second kappa shape index (κ2) is 9.24. The summed E-state index contributed by atoms with van der Waals surface area (Å²) in [4.78, 5) is 16.0. The Kier molecular flexibility index (Phi) is 8.84. The van der Waals surface area contributed by atoms with E-state index in [9.17, 15) is 4.79 Å². The summed E-state index contributed by atoms with van der Waals surface area (Å²) < 4.78 is 5.24. The number of aliphatic imine (C=N–C) groups is 1. The molecule has 7 heteroatoms. The first kappa shape index (κ1) is 21.0. The number of hydrogen-bond donors (Lipinski definition) is 2. The number of ether oxygens (including phenoxy) is 1. The van der Waals surface area contributed by atoms with Gasteiger partial charge < -0.3 is 15.8 Å². The van der Waals surface area contributed by atoms with E-state index in [4.69, 9.17) is 10.5 Å². The van der Waals surface area contributed by atoms with E-state index in [0.717, 1.165) is 11.3 Å². The van der Waals surface area contributed by atoms with Crippen LogP contribution >= 0.6 is 35.7 Å². The Morgan fingerprint density at radius 2 is 2.05 bits per heavy atom. The Balaban J connectivity index is 0.00000441. The van der Waals surface area contributed by atoms with Gasteiger partial charge in [0.25, 0.3) is 0 Å². The largest absolute Gasteiger partial charge is 0.444 e. The van der Waals surface area contributed by atoms with E-state index >= 15 is 0 Å². The average Bonchev–Trinajstić information content (AvgIpc) is 2.36. The summed E-state index contributed by atoms with van der Waals surface area (Å²) in [5.41, 5.74) is 6.90. The molecule has 1 amide bonds. The molecule has 1 aromatic carbocycles. The normalized spacial score (nSPS) is 13.0. The zero-order valence-corrected chi connectivity index (χ0v) is 16.7. The van der Waals surface area contributed by atoms with E-state index < -0.39 is 11.7 Å². The molecule has 0 radical (unpaired) electrons. The molecule has 1 aromatic rings. The van der Waals surface area contributed by atoms with E-state index in [1.807, 2.05) is 58.2 Å². The van der Waals surface area contributed by atoms with Crippen LogP contribution in [-0.2, 0) is 4.74 Å². The lowest BCUT2D eigenvalue weighted by Crippen LogP contribution is -2.34. The maximum absolute atomic E-state index is 11.8. The van der Waals surface area contributed by atoms with Crippen molar-refractivity contribution in [1.29, 1.82) is 0 Å². The van der Waals surface area contributed by atoms with E-state index in [1.54, 1.807) is 0 Å². The van der Waals surface area contributed by atoms with Crippen LogP contribution in [0.3, 0.4) is 0 Å². The molecule has 0 fully saturated rings. The summed E-state index contributed by atoms with van der Waals surface area (Å²) in [7, 11) is 0. The number of alkyl carbamates (subject to hydrolysis) is 1. The van der Waals surface area contributed by atoms with E-state index in [0.29, 0.717) is 5.17 Å². The minimum absolute atomic E-state index is 0. The quantitative estimate of drug-likeness (QED) is 0.422. The number of carbonyl (C=O) groups is 1. The minimum atomic E-state index is -0.511. The molecule has 0 aliphatic heterocycles. The van der Waals surface area contributed by atoms with Gasteiger partial charge in [-0.3, -0.25) is 0 Å². The monoisotopic (exact) mass is 437 g/mol. The molecule has 0 aliphatic carbocycles. The van der Waals surface area contributed by atoms with Crippen molar-refractivity contribution in [2.75, 3.05) is 6.26 Å². The fourth-order valence-corrected chi connectivity index (χ4v) is 1.80. The van der Waals surface area contributed by atoms with Crippen molar-refractivity contribution in [1.82, 2.24) is 5.32 Å². The Labute approximate surface area is 153 Å². The van der Waals surface area contributed by atoms with E-state index in [2.05, 4.69) is 10.3 Å². The Hall–Kier alpha value is -0.960. The first-order chi connectivity index (χ1) is 9.71. The van der Waals surface area contributed by atoms with Crippen LogP contribution < -0.4 is 11.1 Å². The predicted octanol–water partition coefficient (Wildman–Crippen LogP) is 4.20. The molecule has 124 valence electrons. The Bertz CT molecular complexity index is 530. The van der Waals surface area contributed by atoms with Gasteiger partial charge in [-0.1, -0.05) is 23.9 Å². The highest BCUT2D eigenvalue weighted by atomic mass is 127. The number of carbonyl (C=O) groups excluding carboxylic acids is 1. The van der Waals surface area contributed by atoms with Crippen molar-refractivity contribution in [3.63, 3.8) is 0 Å². The summed E-state index contributed by atoms with van der Waals surface area (Å²) in [6, 6.07) is 7.40. The summed E-state index contributed by atoms with van der Waals surface area (Å²) in [5.74, 6) is 0. The summed E-state index contributed by atoms with van der Waals surface area (Å²) in [5, 5.41) is 3.30. The van der Waals surface area contributed by atoms with Crippen molar-refractivity contribution in [2.24, 2.45) is 10.7 Å². The fraction of sp³-hybridized carbons (Fsp3) is 0.467. The highest BCUT2D eigenvalue weighted by molar-refractivity contribution is 14.0. The maximum Gasteiger partial charge on any atom is 0.408 e. The van der Waals surface area contributed by atoms with E-state index in [1.165, 1.54) is 11.8 Å². The second-order valence-corrected chi connectivity index (χ2v) is 6.44. The molecular formula is C15H24IN3O2S. The lowest BCUT2D eigenvalue weighted by molar-refractivity contribution is 0.0508. The number of thioether (sulfide) groups is 1. The number of nitrogens with two attached hydrogens (primary N) is 1. The SMILES string of the molecule is CSC(N)=Nc1cccc(C(C)NC(=O)OC(C)(C)C)c1.I. The van der Waals surface area contributed by atoms with Gasteiger partial charge in [0.2, 0.25) is 0 Å². The number of amidine groups is 1. The van der Waals surface area contributed by atoms with Crippen molar-refractivity contribution in [3.8, 4) is 0 Å². The molecule has 0 aliphatic rings. The van der Waals surface area contributed by atoms with Crippen molar-refractivity contribution < 1.29 is 9.53 Å². The van der Waals surface area contributed by atoms with Gasteiger partial charge >= 0.3 is 6.09 Å². The molecule has 0 spiro atoms. The molecule has 1 rings (SSSR count). The highest BCUT2D eigenvalue weighted by Crippen LogP contribution is 2.20. The first-order valence-electron chi connectivity index (χ1n) is 6.69. The minimum Gasteiger partial charge on any atom is -0.444 e. The van der Waals surface area contributed by atoms with Crippen LogP contribution in [0, 0.1) is 0 Å². The van der Waals surface area contributed by atoms with Gasteiger partial charge in [0.15, 0.2) is 5.17 Å². The molecule has 1 atom stereocenters. The molecular weight excluding hydrogens is 413 g/mol. The van der Waals surface area contributed by atoms with Crippen molar-refractivity contribution in [3.05, 3.63) is 29.8 Å². The Morgan fingerprint density at radius 1 is 1.41 bits per heavy atom. The number of nitrogens with zero attached hydrogens (tertiary/aromatic N) is 1. The molecule has 0 bridgehead atoms. The van der Waals surface area contributed by atoms with Gasteiger partial charge in [0, 0.05) is 0 Å². The van der Waals surface area contributed by atoms with Crippen LogP contribution in [0.15, 0.2) is 29.3 Å². The van der Waals surface area contributed by atoms with Crippen LogP contribution in [0.5, 0.6) is 0 Å². The standard InChI is InChI=1S/C15H23N3O2S.HI/c1-10(17-14(19)20-15(2,3)4)11-7-6-8-12(9-11)18-13(16)21-5;/h6-10H,1-5H3,(H2,16,18)(H,17,19);1H. The number of nitrogens with one attached hydrogen (secondary N) is 1. The van der Waals surface area contributed by atoms with E-state index in [-0.39, 0.29) is 30.0 Å². The lowest BCUT2D eigenvalue weighted by atomic mass is 10.1. The molecule has 22 heavy (non-hydrogen) atoms. The third kappa shape index (κ3) is 7.88. The molecule has 5 nitrogen and oxygen atoms in total. The third-order valence-corrected chi connectivity index (χ3v) is 3.06. The molecule has 1 unspecified atom stereocenters. The number of hydrogen-bond acceptors (Lipinski definition) is 4. The van der Waals surface area contributed by atoms with Gasteiger partial charge in [0.1, 0.15) is 5.60 Å². The summed E-state index contributed by atoms with van der Waals surface area (Å²) in [6.45, 7) is 7.39. The second-order valence-electron chi connectivity index (χ2n) is 5.62. The zero-order valence-electron chi connectivity index (χ0n) is 13.5. The number of halogens is 1. The van der Waals surface area contributed by atoms with Gasteiger partial charge in [-0.15, -0.1) is 24.0 Å². The number of rotatable bonds is 3. The number of benzene rings is 1. The summed E-state index contributed by atoms with van der Waals surface area (Å²) in [6.07, 6.45) is 1.43. The van der Waals surface area contributed by atoms with Crippen molar-refractivity contribution >= 4 is 52.7 Å². The van der Waals surface area contributed by atoms with Gasteiger partial charge in [0.05, 0.1) is 11.7 Å². The molecule has 3 N–H and O–H groups in total. The molecule has 0 saturated carbocycles. The first-order valence-corrected chi connectivity index (χ1v) is 7.91. The maximum atomic E-state index is 11.8. The fourth-order valence-electron chi connectivity index (χ4n) is 1.60. The zero-order chi connectivity index (χ0) is 16.0. The topological polar surface area (TPSA) is 76.7 Å². The molecule has 0 heterocycles. The van der Waals surface area contributed by atoms with Gasteiger partial charge in [-0.25, -0.2) is 9.79 Å². The van der Waals surface area contributed by atoms with Crippen LogP contribution in [0.4, 0.5) is 10.5 Å². The predicted molar refractivity (Wildman–Crippen MR) is 104 cm³/mol. The van der Waals surface area contributed by atoms with Crippen molar-refractivity contribution in [2.45, 2.75) is 39.3 Å². The lowest BCUT2D eigenvalue weighted by Gasteiger charge is -2.22. The average molecular weight is 437 g/mol.